The van der Waals surface area contributed by atoms with Crippen LogP contribution in [0.2, 0.25) is 0 Å². The van der Waals surface area contributed by atoms with E-state index in [4.69, 9.17) is 0 Å². The van der Waals surface area contributed by atoms with Gasteiger partial charge in [-0.1, -0.05) is 6.92 Å². The number of hydrogen-bond acceptors (Lipinski definition) is 9. The van der Waals surface area contributed by atoms with Crippen molar-refractivity contribution in [1.82, 2.24) is 35.5 Å². The molecule has 0 spiro atoms. The van der Waals surface area contributed by atoms with Crippen LogP contribution in [0, 0.1) is 11.8 Å². The van der Waals surface area contributed by atoms with Crippen molar-refractivity contribution in [3.8, 4) is 11.3 Å². The van der Waals surface area contributed by atoms with E-state index in [2.05, 4.69) is 41.3 Å². The Morgan fingerprint density at radius 3 is 2.70 bits per heavy atom. The third-order valence-corrected chi connectivity index (χ3v) is 5.92. The van der Waals surface area contributed by atoms with E-state index in [0.717, 1.165) is 29.1 Å². The second-order valence-electron chi connectivity index (χ2n) is 8.40. The minimum absolute atomic E-state index is 0.0144. The van der Waals surface area contributed by atoms with Gasteiger partial charge in [0.1, 0.15) is 11.4 Å². The molecule has 0 radical (unpaired) electrons. The smallest absolute Gasteiger partial charge is 0.273 e. The summed E-state index contributed by atoms with van der Waals surface area (Å²) in [5.41, 5.74) is 3.84. The van der Waals surface area contributed by atoms with E-state index in [1.807, 2.05) is 24.9 Å². The second-order valence-corrected chi connectivity index (χ2v) is 8.40. The first kappa shape index (κ1) is 20.8. The maximum atomic E-state index is 12.4. The Morgan fingerprint density at radius 2 is 1.97 bits per heavy atom. The summed E-state index contributed by atoms with van der Waals surface area (Å²) < 4.78 is 0. The van der Waals surface area contributed by atoms with E-state index >= 15 is 0 Å². The summed E-state index contributed by atoms with van der Waals surface area (Å²) in [4.78, 5) is 32.9. The van der Waals surface area contributed by atoms with Crippen LogP contribution in [-0.4, -0.2) is 56.1 Å². The molecule has 3 N–H and O–H groups in total. The highest BCUT2D eigenvalue weighted by Gasteiger charge is 2.39. The highest BCUT2D eigenvalue weighted by atomic mass is 16.2. The standard InChI is InChI=1S/C21H24N10O2/c1-10-7-12(10)20(32)25-15-8-13(17(27-26-15)21(33)22-2)24-19-18-11(5-6-23-19)16-14(9-30(18)3)28-31(4)29-16/h5-6,8,10,12H,7,9H2,1-4H3,(H,22,33)(H2,23,24,25,26,32)/t10-,12+/m0/s1. The lowest BCUT2D eigenvalue weighted by atomic mass is 10.0. The molecule has 0 saturated heterocycles. The van der Waals surface area contributed by atoms with E-state index < -0.39 is 5.91 Å². The van der Waals surface area contributed by atoms with Gasteiger partial charge in [-0.25, -0.2) is 4.98 Å². The fourth-order valence-corrected chi connectivity index (χ4v) is 4.06. The van der Waals surface area contributed by atoms with Crippen molar-refractivity contribution >= 4 is 34.8 Å². The van der Waals surface area contributed by atoms with Crippen molar-refractivity contribution in [2.75, 3.05) is 29.6 Å². The van der Waals surface area contributed by atoms with E-state index in [0.29, 0.717) is 24.0 Å². The Hall–Kier alpha value is -4.09. The Kier molecular flexibility index (Phi) is 4.91. The fourth-order valence-electron chi connectivity index (χ4n) is 4.06. The van der Waals surface area contributed by atoms with Gasteiger partial charge >= 0.3 is 0 Å². The number of nitrogens with zero attached hydrogens (tertiary/aromatic N) is 7. The monoisotopic (exact) mass is 448 g/mol. The molecule has 4 heterocycles. The van der Waals surface area contributed by atoms with Crippen LogP contribution in [0.1, 0.15) is 29.5 Å². The van der Waals surface area contributed by atoms with Gasteiger partial charge in [0.2, 0.25) is 5.91 Å². The minimum Gasteiger partial charge on any atom is -0.365 e. The highest BCUT2D eigenvalue weighted by molar-refractivity contribution is 6.00. The van der Waals surface area contributed by atoms with E-state index in [9.17, 15) is 9.59 Å². The first-order valence-electron chi connectivity index (χ1n) is 10.6. The molecular weight excluding hydrogens is 424 g/mol. The average molecular weight is 448 g/mol. The summed E-state index contributed by atoms with van der Waals surface area (Å²) in [5, 5.41) is 25.6. The number of fused-ring (bicyclic) bond motifs is 3. The lowest BCUT2D eigenvalue weighted by molar-refractivity contribution is -0.117. The Morgan fingerprint density at radius 1 is 1.18 bits per heavy atom. The molecule has 12 heteroatoms. The van der Waals surface area contributed by atoms with Gasteiger partial charge in [0.25, 0.3) is 5.91 Å². The van der Waals surface area contributed by atoms with Crippen LogP contribution >= 0.6 is 0 Å². The molecule has 0 aromatic carbocycles. The summed E-state index contributed by atoms with van der Waals surface area (Å²) in [6.07, 6.45) is 2.53. The quantitative estimate of drug-likeness (QED) is 0.526. The molecule has 2 aliphatic rings. The molecule has 0 unspecified atom stereocenters. The summed E-state index contributed by atoms with van der Waals surface area (Å²) in [6, 6.07) is 3.48. The van der Waals surface area contributed by atoms with E-state index in [-0.39, 0.29) is 23.3 Å². The molecule has 3 aromatic rings. The number of carbonyl (C=O) groups is 2. The zero-order valence-corrected chi connectivity index (χ0v) is 18.7. The number of pyridine rings is 1. The van der Waals surface area contributed by atoms with Crippen LogP contribution in [0.5, 0.6) is 0 Å². The summed E-state index contributed by atoms with van der Waals surface area (Å²) in [7, 11) is 5.25. The van der Waals surface area contributed by atoms with Crippen molar-refractivity contribution < 1.29 is 9.59 Å². The summed E-state index contributed by atoms with van der Waals surface area (Å²) in [6.45, 7) is 2.59. The molecule has 3 aromatic heterocycles. The lowest BCUT2D eigenvalue weighted by Crippen LogP contribution is -2.25. The number of rotatable bonds is 5. The van der Waals surface area contributed by atoms with Crippen molar-refractivity contribution in [1.29, 1.82) is 0 Å². The third-order valence-electron chi connectivity index (χ3n) is 5.92. The van der Waals surface area contributed by atoms with Gasteiger partial charge in [-0.3, -0.25) is 9.59 Å². The molecule has 2 amide bonds. The molecule has 1 saturated carbocycles. The molecule has 0 bridgehead atoms. The van der Waals surface area contributed by atoms with Crippen LogP contribution in [0.25, 0.3) is 11.3 Å². The zero-order valence-electron chi connectivity index (χ0n) is 18.7. The van der Waals surface area contributed by atoms with Gasteiger partial charge in [-0.05, 0) is 18.4 Å². The van der Waals surface area contributed by atoms with Crippen LogP contribution in [0.3, 0.4) is 0 Å². The number of anilines is 4. The Bertz CT molecular complexity index is 1270. The topological polar surface area (TPSA) is 143 Å². The first-order valence-corrected chi connectivity index (χ1v) is 10.6. The van der Waals surface area contributed by atoms with Crippen LogP contribution < -0.4 is 20.9 Å². The van der Waals surface area contributed by atoms with Crippen LogP contribution in [0.15, 0.2) is 18.3 Å². The fraction of sp³-hybridized carbons (Fsp3) is 0.381. The molecule has 1 fully saturated rings. The Labute approximate surface area is 189 Å². The maximum absolute atomic E-state index is 12.4. The van der Waals surface area contributed by atoms with Crippen LogP contribution in [-0.2, 0) is 18.4 Å². The number of nitrogens with one attached hydrogen (secondary N) is 3. The minimum atomic E-state index is -0.409. The van der Waals surface area contributed by atoms with Gasteiger partial charge in [0.15, 0.2) is 17.3 Å². The van der Waals surface area contributed by atoms with E-state index in [1.165, 1.54) is 7.05 Å². The number of aromatic nitrogens is 6. The molecule has 2 atom stereocenters. The third kappa shape index (κ3) is 3.73. The molecule has 1 aliphatic carbocycles. The average Bonchev–Trinajstić information content (AvgIpc) is 3.41. The maximum Gasteiger partial charge on any atom is 0.273 e. The van der Waals surface area contributed by atoms with Gasteiger partial charge in [0.05, 0.1) is 17.9 Å². The first-order chi connectivity index (χ1) is 15.9. The summed E-state index contributed by atoms with van der Waals surface area (Å²) in [5.74, 6) is 0.636. The van der Waals surface area contributed by atoms with E-state index in [1.54, 1.807) is 24.1 Å². The molecule has 33 heavy (non-hydrogen) atoms. The molecule has 12 nitrogen and oxygen atoms in total. The van der Waals surface area contributed by atoms with Crippen LogP contribution in [0.4, 0.5) is 23.0 Å². The molecular formula is C21H24N10O2. The van der Waals surface area contributed by atoms with Crippen molar-refractivity contribution in [2.45, 2.75) is 19.9 Å². The molecule has 170 valence electrons. The summed E-state index contributed by atoms with van der Waals surface area (Å²) >= 11 is 0. The number of aryl methyl sites for hydroxylation is 1. The van der Waals surface area contributed by atoms with Gasteiger partial charge < -0.3 is 20.9 Å². The second kappa shape index (κ2) is 7.80. The number of hydrogen-bond donors (Lipinski definition) is 3. The normalized spacial score (nSPS) is 18.2. The Balaban J connectivity index is 1.53. The molecule has 1 aliphatic heterocycles. The molecule has 5 rings (SSSR count). The largest absolute Gasteiger partial charge is 0.365 e. The number of carbonyl (C=O) groups excluding carboxylic acids is 2. The number of amides is 2. The zero-order chi connectivity index (χ0) is 23.3. The highest BCUT2D eigenvalue weighted by Crippen LogP contribution is 2.42. The predicted molar refractivity (Wildman–Crippen MR) is 121 cm³/mol. The van der Waals surface area contributed by atoms with Gasteiger partial charge in [0, 0.05) is 44.9 Å². The van der Waals surface area contributed by atoms with Crippen molar-refractivity contribution in [2.24, 2.45) is 18.9 Å². The van der Waals surface area contributed by atoms with Crippen molar-refractivity contribution in [3.05, 3.63) is 29.7 Å². The van der Waals surface area contributed by atoms with Gasteiger partial charge in [-0.15, -0.1) is 10.2 Å². The SMILES string of the molecule is CNC(=O)c1nnc(NC(=O)[C@@H]2C[C@@H]2C)cc1Nc1nccc2c1N(C)Cc1nn(C)nc1-2. The predicted octanol–water partition coefficient (Wildman–Crippen LogP) is 1.31. The lowest BCUT2D eigenvalue weighted by Gasteiger charge is -2.28. The van der Waals surface area contributed by atoms with Crippen molar-refractivity contribution in [3.63, 3.8) is 0 Å². The van der Waals surface area contributed by atoms with Gasteiger partial charge in [-0.2, -0.15) is 15.0 Å².